The molecule has 0 radical (unpaired) electrons. The minimum Gasteiger partial charge on any atom is -0.383 e. The molecule has 16 heavy (non-hydrogen) atoms. The van der Waals surface area contributed by atoms with Gasteiger partial charge < -0.3 is 10.5 Å². The van der Waals surface area contributed by atoms with Crippen LogP contribution in [0.25, 0.3) is 0 Å². The van der Waals surface area contributed by atoms with Gasteiger partial charge in [0.15, 0.2) is 0 Å². The fraction of sp³-hybridized carbons (Fsp3) is 0.667. The molecular weight excluding hydrogens is 220 g/mol. The molecule has 0 aliphatic heterocycles. The van der Waals surface area contributed by atoms with Gasteiger partial charge in [-0.3, -0.25) is 4.90 Å². The molecule has 92 valence electrons. The minimum atomic E-state index is 0.296. The second-order valence-corrected chi connectivity index (χ2v) is 5.14. The lowest BCUT2D eigenvalue weighted by molar-refractivity contribution is 0.0918. The number of methoxy groups -OCH3 is 1. The molecule has 0 aliphatic rings. The van der Waals surface area contributed by atoms with Crippen LogP contribution in [-0.4, -0.2) is 38.3 Å². The van der Waals surface area contributed by atoms with Crippen molar-refractivity contribution in [3.63, 3.8) is 0 Å². The van der Waals surface area contributed by atoms with E-state index in [9.17, 15) is 0 Å². The Bertz CT molecular complexity index is 314. The second-order valence-electron chi connectivity index (χ2n) is 4.19. The van der Waals surface area contributed by atoms with Crippen LogP contribution in [0.5, 0.6) is 0 Å². The first kappa shape index (κ1) is 13.6. The van der Waals surface area contributed by atoms with Crippen molar-refractivity contribution < 1.29 is 4.74 Å². The maximum Gasteiger partial charge on any atom is 0.0615 e. The summed E-state index contributed by atoms with van der Waals surface area (Å²) in [4.78, 5) is 3.66. The zero-order valence-corrected chi connectivity index (χ0v) is 11.4. The van der Waals surface area contributed by atoms with Crippen molar-refractivity contribution in [1.29, 1.82) is 0 Å². The van der Waals surface area contributed by atoms with Crippen LogP contribution < -0.4 is 5.73 Å². The molecule has 4 heteroatoms. The van der Waals surface area contributed by atoms with Crippen LogP contribution in [-0.2, 0) is 4.74 Å². The van der Waals surface area contributed by atoms with E-state index in [0.717, 1.165) is 6.61 Å². The number of thiophene rings is 1. The zero-order chi connectivity index (χ0) is 12.1. The van der Waals surface area contributed by atoms with E-state index in [4.69, 9.17) is 10.5 Å². The molecule has 2 atom stereocenters. The Labute approximate surface area is 102 Å². The van der Waals surface area contributed by atoms with Gasteiger partial charge in [-0.1, -0.05) is 0 Å². The van der Waals surface area contributed by atoms with Crippen molar-refractivity contribution >= 4 is 11.3 Å². The van der Waals surface area contributed by atoms with E-state index < -0.39 is 0 Å². The van der Waals surface area contributed by atoms with Crippen molar-refractivity contribution in [3.05, 3.63) is 21.9 Å². The summed E-state index contributed by atoms with van der Waals surface area (Å²) in [6.45, 7) is 5.68. The Morgan fingerprint density at radius 3 is 2.69 bits per heavy atom. The third-order valence-electron chi connectivity index (χ3n) is 3.02. The molecule has 1 heterocycles. The first-order chi connectivity index (χ1) is 7.61. The number of rotatable bonds is 6. The normalized spacial score (nSPS) is 15.4. The Balaban J connectivity index is 2.78. The number of hydrogen-bond acceptors (Lipinski definition) is 4. The third kappa shape index (κ3) is 3.04. The monoisotopic (exact) mass is 242 g/mol. The highest BCUT2D eigenvalue weighted by atomic mass is 32.1. The molecule has 1 aromatic heterocycles. The van der Waals surface area contributed by atoms with Gasteiger partial charge in [0.05, 0.1) is 12.6 Å². The van der Waals surface area contributed by atoms with E-state index >= 15 is 0 Å². The molecule has 0 aliphatic carbocycles. The van der Waals surface area contributed by atoms with Gasteiger partial charge in [0.1, 0.15) is 0 Å². The summed E-state index contributed by atoms with van der Waals surface area (Å²) in [5.74, 6) is 0. The van der Waals surface area contributed by atoms with Crippen molar-refractivity contribution in [2.45, 2.75) is 25.9 Å². The molecule has 2 unspecified atom stereocenters. The average molecular weight is 242 g/mol. The Kier molecular flexibility index (Phi) is 5.41. The van der Waals surface area contributed by atoms with Gasteiger partial charge in [0.2, 0.25) is 0 Å². The Morgan fingerprint density at radius 2 is 2.25 bits per heavy atom. The molecule has 0 saturated heterocycles. The van der Waals surface area contributed by atoms with Crippen LogP contribution in [0.15, 0.2) is 11.4 Å². The van der Waals surface area contributed by atoms with Crippen molar-refractivity contribution in [2.24, 2.45) is 5.73 Å². The van der Waals surface area contributed by atoms with Crippen LogP contribution in [0.3, 0.4) is 0 Å². The molecule has 0 fully saturated rings. The summed E-state index contributed by atoms with van der Waals surface area (Å²) in [5, 5.41) is 2.13. The number of likely N-dealkylation sites (N-methyl/N-ethyl adjacent to an activating group) is 1. The molecule has 1 rings (SSSR count). The van der Waals surface area contributed by atoms with Gasteiger partial charge >= 0.3 is 0 Å². The highest BCUT2D eigenvalue weighted by Gasteiger charge is 2.22. The van der Waals surface area contributed by atoms with Gasteiger partial charge in [-0.05, 0) is 37.9 Å². The zero-order valence-electron chi connectivity index (χ0n) is 10.6. The van der Waals surface area contributed by atoms with Crippen LogP contribution in [0.4, 0.5) is 0 Å². The predicted molar refractivity (Wildman–Crippen MR) is 70.0 cm³/mol. The van der Waals surface area contributed by atoms with Crippen LogP contribution in [0.2, 0.25) is 0 Å². The Morgan fingerprint density at radius 1 is 1.56 bits per heavy atom. The first-order valence-corrected chi connectivity index (χ1v) is 6.44. The van der Waals surface area contributed by atoms with Crippen LogP contribution in [0.1, 0.15) is 23.4 Å². The number of nitrogens with zero attached hydrogens (tertiary/aromatic N) is 1. The van der Waals surface area contributed by atoms with E-state index in [1.165, 1.54) is 10.4 Å². The molecule has 0 bridgehead atoms. The lowest BCUT2D eigenvalue weighted by Gasteiger charge is -2.32. The smallest absolute Gasteiger partial charge is 0.0615 e. The fourth-order valence-corrected chi connectivity index (χ4v) is 2.94. The summed E-state index contributed by atoms with van der Waals surface area (Å²) in [5.41, 5.74) is 7.22. The van der Waals surface area contributed by atoms with Crippen molar-refractivity contribution in [1.82, 2.24) is 4.90 Å². The highest BCUT2D eigenvalue weighted by molar-refractivity contribution is 7.10. The third-order valence-corrected chi connectivity index (χ3v) is 4.14. The molecule has 0 saturated carbocycles. The summed E-state index contributed by atoms with van der Waals surface area (Å²) >= 11 is 1.78. The van der Waals surface area contributed by atoms with E-state index in [1.807, 2.05) is 0 Å². The molecule has 2 N–H and O–H groups in total. The molecule has 0 aromatic carbocycles. The van der Waals surface area contributed by atoms with Crippen molar-refractivity contribution in [3.8, 4) is 0 Å². The number of ether oxygens (including phenoxy) is 1. The van der Waals surface area contributed by atoms with Gasteiger partial charge in [0, 0.05) is 24.6 Å². The average Bonchev–Trinajstić information content (AvgIpc) is 2.66. The lowest BCUT2D eigenvalue weighted by Crippen LogP contribution is -2.39. The predicted octanol–water partition coefficient (Wildman–Crippen LogP) is 2.02. The quantitative estimate of drug-likeness (QED) is 0.829. The maximum absolute atomic E-state index is 5.89. The van der Waals surface area contributed by atoms with E-state index in [0.29, 0.717) is 18.6 Å². The van der Waals surface area contributed by atoms with Gasteiger partial charge in [0.25, 0.3) is 0 Å². The first-order valence-electron chi connectivity index (χ1n) is 5.56. The topological polar surface area (TPSA) is 38.5 Å². The van der Waals surface area contributed by atoms with E-state index in [1.54, 1.807) is 18.4 Å². The number of aryl methyl sites for hydroxylation is 1. The largest absolute Gasteiger partial charge is 0.383 e. The molecular formula is C12H22N2OS. The lowest BCUT2D eigenvalue weighted by atomic mass is 10.1. The summed E-state index contributed by atoms with van der Waals surface area (Å²) in [6, 6.07) is 2.82. The summed E-state index contributed by atoms with van der Waals surface area (Å²) < 4.78 is 5.19. The van der Waals surface area contributed by atoms with E-state index in [2.05, 4.69) is 37.2 Å². The standard InChI is InChI=1S/C12H22N2OS/c1-9-5-6-16-12(9)11(7-13)14(3)10(2)8-15-4/h5-6,10-11H,7-8,13H2,1-4H3. The fourth-order valence-electron chi connectivity index (χ4n) is 1.85. The number of nitrogens with two attached hydrogens (primary N) is 1. The SMILES string of the molecule is COCC(C)N(C)C(CN)c1sccc1C. The Hall–Kier alpha value is -0.420. The van der Waals surface area contributed by atoms with Crippen LogP contribution in [0, 0.1) is 6.92 Å². The summed E-state index contributed by atoms with van der Waals surface area (Å²) in [7, 11) is 3.85. The maximum atomic E-state index is 5.89. The van der Waals surface area contributed by atoms with Gasteiger partial charge in [-0.15, -0.1) is 11.3 Å². The van der Waals surface area contributed by atoms with Gasteiger partial charge in [-0.2, -0.15) is 0 Å². The highest BCUT2D eigenvalue weighted by Crippen LogP contribution is 2.28. The minimum absolute atomic E-state index is 0.296. The molecule has 0 amide bonds. The van der Waals surface area contributed by atoms with Crippen molar-refractivity contribution in [2.75, 3.05) is 27.3 Å². The summed E-state index contributed by atoms with van der Waals surface area (Å²) in [6.07, 6.45) is 0. The second kappa shape index (κ2) is 6.35. The number of hydrogen-bond donors (Lipinski definition) is 1. The van der Waals surface area contributed by atoms with Crippen LogP contribution >= 0.6 is 11.3 Å². The molecule has 1 aromatic rings. The van der Waals surface area contributed by atoms with Gasteiger partial charge in [-0.25, -0.2) is 0 Å². The molecule has 0 spiro atoms. The molecule has 3 nitrogen and oxygen atoms in total. The van der Waals surface area contributed by atoms with E-state index in [-0.39, 0.29) is 0 Å².